The van der Waals surface area contributed by atoms with Gasteiger partial charge in [0.05, 0.1) is 5.25 Å². The minimum Gasteiger partial charge on any atom is -0.385 e. The van der Waals surface area contributed by atoms with Gasteiger partial charge in [0.15, 0.2) is 0 Å². The first-order chi connectivity index (χ1) is 8.67. The first-order valence-electron chi connectivity index (χ1n) is 6.02. The van der Waals surface area contributed by atoms with E-state index < -0.39 is 0 Å². The Labute approximate surface area is 111 Å². The van der Waals surface area contributed by atoms with E-state index in [1.54, 1.807) is 7.11 Å². The molecule has 0 radical (unpaired) electrons. The van der Waals surface area contributed by atoms with Crippen LogP contribution in [0.25, 0.3) is 0 Å². The summed E-state index contributed by atoms with van der Waals surface area (Å²) in [6, 6.07) is 0. The van der Waals surface area contributed by atoms with Crippen molar-refractivity contribution in [3.63, 3.8) is 0 Å². The fourth-order valence-electron chi connectivity index (χ4n) is 1.27. The van der Waals surface area contributed by atoms with Crippen LogP contribution in [0.15, 0.2) is 5.16 Å². The van der Waals surface area contributed by atoms with Gasteiger partial charge in [-0.25, -0.2) is 4.98 Å². The topological polar surface area (TPSA) is 79.9 Å². The smallest absolute Gasteiger partial charge is 0.233 e. The summed E-state index contributed by atoms with van der Waals surface area (Å²) < 4.78 is 4.91. The maximum absolute atomic E-state index is 11.7. The van der Waals surface area contributed by atoms with Crippen molar-refractivity contribution >= 4 is 17.7 Å². The molecule has 2 N–H and O–H groups in total. The number of aryl methyl sites for hydroxylation is 1. The lowest BCUT2D eigenvalue weighted by Gasteiger charge is -2.09. The summed E-state index contributed by atoms with van der Waals surface area (Å²) in [6.45, 7) is 5.13. The summed E-state index contributed by atoms with van der Waals surface area (Å²) in [7, 11) is 1.65. The molecule has 0 fully saturated rings. The molecule has 0 spiro atoms. The average molecular weight is 272 g/mol. The fraction of sp³-hybridized carbons (Fsp3) is 0.727. The van der Waals surface area contributed by atoms with Gasteiger partial charge >= 0.3 is 0 Å². The second kappa shape index (κ2) is 8.10. The van der Waals surface area contributed by atoms with Gasteiger partial charge in [0.2, 0.25) is 11.1 Å². The van der Waals surface area contributed by atoms with Crippen molar-refractivity contribution in [3.8, 4) is 0 Å². The number of carbonyl (C=O) groups is 1. The van der Waals surface area contributed by atoms with Gasteiger partial charge in [-0.1, -0.05) is 18.7 Å². The van der Waals surface area contributed by atoms with E-state index in [4.69, 9.17) is 4.74 Å². The number of H-pyrrole nitrogens is 1. The second-order valence-electron chi connectivity index (χ2n) is 3.82. The normalized spacial score (nSPS) is 12.4. The zero-order valence-corrected chi connectivity index (χ0v) is 11.8. The van der Waals surface area contributed by atoms with Gasteiger partial charge < -0.3 is 10.1 Å². The highest BCUT2D eigenvalue weighted by Gasteiger charge is 2.16. The zero-order valence-electron chi connectivity index (χ0n) is 11.0. The molecule has 0 aliphatic heterocycles. The number of carbonyl (C=O) groups excluding carboxylic acids is 1. The minimum absolute atomic E-state index is 0.000971. The predicted octanol–water partition coefficient (Wildman–Crippen LogP) is 1.00. The molecule has 6 nitrogen and oxygen atoms in total. The van der Waals surface area contributed by atoms with Crippen LogP contribution in [0.5, 0.6) is 0 Å². The van der Waals surface area contributed by atoms with E-state index in [-0.39, 0.29) is 11.2 Å². The highest BCUT2D eigenvalue weighted by molar-refractivity contribution is 8.00. The highest BCUT2D eigenvalue weighted by Crippen LogP contribution is 2.18. The van der Waals surface area contributed by atoms with Crippen LogP contribution in [0.1, 0.15) is 26.1 Å². The predicted molar refractivity (Wildman–Crippen MR) is 70.6 cm³/mol. The van der Waals surface area contributed by atoms with E-state index in [1.807, 2.05) is 13.8 Å². The Morgan fingerprint density at radius 2 is 2.39 bits per heavy atom. The Hall–Kier alpha value is -1.08. The standard InChI is InChI=1S/C11H20N4O2S/c1-4-9-13-11(15-14-9)18-8(2)10(16)12-6-5-7-17-3/h8H,4-7H2,1-3H3,(H,12,16)(H,13,14,15). The van der Waals surface area contributed by atoms with Crippen molar-refractivity contribution in [2.24, 2.45) is 0 Å². The minimum atomic E-state index is -0.201. The number of ether oxygens (including phenoxy) is 1. The van der Waals surface area contributed by atoms with Crippen LogP contribution in [0.4, 0.5) is 0 Å². The van der Waals surface area contributed by atoms with Crippen LogP contribution in [0.2, 0.25) is 0 Å². The Balaban J connectivity index is 2.30. The second-order valence-corrected chi connectivity index (χ2v) is 5.12. The molecule has 0 aliphatic carbocycles. The van der Waals surface area contributed by atoms with Crippen molar-refractivity contribution in [2.75, 3.05) is 20.3 Å². The molecule has 1 heterocycles. The van der Waals surface area contributed by atoms with Crippen LogP contribution >= 0.6 is 11.8 Å². The molecular formula is C11H20N4O2S. The number of thioether (sulfide) groups is 1. The molecule has 0 aromatic carbocycles. The van der Waals surface area contributed by atoms with Crippen molar-refractivity contribution in [1.82, 2.24) is 20.5 Å². The SMILES string of the molecule is CCc1nc(SC(C)C(=O)NCCCOC)n[nH]1. The number of rotatable bonds is 8. The van der Waals surface area contributed by atoms with Crippen molar-refractivity contribution in [2.45, 2.75) is 37.1 Å². The molecule has 0 saturated carbocycles. The molecule has 1 aromatic rings. The van der Waals surface area contributed by atoms with Gasteiger partial charge in [0.1, 0.15) is 5.82 Å². The summed E-state index contributed by atoms with van der Waals surface area (Å²) in [5, 5.41) is 10.1. The molecule has 7 heteroatoms. The van der Waals surface area contributed by atoms with Crippen LogP contribution in [-0.2, 0) is 16.0 Å². The van der Waals surface area contributed by atoms with Gasteiger partial charge in [0.25, 0.3) is 0 Å². The summed E-state index contributed by atoms with van der Waals surface area (Å²) in [5.74, 6) is 0.837. The van der Waals surface area contributed by atoms with E-state index in [1.165, 1.54) is 11.8 Å². The van der Waals surface area contributed by atoms with E-state index in [2.05, 4.69) is 20.5 Å². The summed E-state index contributed by atoms with van der Waals surface area (Å²) in [5.41, 5.74) is 0. The number of amides is 1. The van der Waals surface area contributed by atoms with Crippen LogP contribution < -0.4 is 5.32 Å². The molecular weight excluding hydrogens is 252 g/mol. The Bertz CT molecular complexity index is 370. The third-order valence-corrected chi connectivity index (χ3v) is 3.28. The van der Waals surface area contributed by atoms with Crippen LogP contribution in [-0.4, -0.2) is 46.6 Å². The Morgan fingerprint density at radius 3 is 3.00 bits per heavy atom. The monoisotopic (exact) mass is 272 g/mol. The largest absolute Gasteiger partial charge is 0.385 e. The van der Waals surface area contributed by atoms with E-state index in [0.29, 0.717) is 18.3 Å². The number of hydrogen-bond acceptors (Lipinski definition) is 5. The quantitative estimate of drug-likeness (QED) is 0.545. The number of nitrogens with zero attached hydrogens (tertiary/aromatic N) is 2. The van der Waals surface area contributed by atoms with Gasteiger partial charge in [-0.2, -0.15) is 0 Å². The lowest BCUT2D eigenvalue weighted by atomic mass is 10.4. The van der Waals surface area contributed by atoms with Crippen LogP contribution in [0.3, 0.4) is 0 Å². The fourth-order valence-corrected chi connectivity index (χ4v) is 2.04. The molecule has 102 valence electrons. The number of methoxy groups -OCH3 is 1. The third kappa shape index (κ3) is 5.05. The molecule has 1 atom stereocenters. The molecule has 1 amide bonds. The van der Waals surface area contributed by atoms with E-state index in [9.17, 15) is 4.79 Å². The van der Waals surface area contributed by atoms with E-state index in [0.717, 1.165) is 18.7 Å². The molecule has 1 aromatic heterocycles. The zero-order chi connectivity index (χ0) is 13.4. The van der Waals surface area contributed by atoms with Gasteiger partial charge in [0, 0.05) is 26.7 Å². The molecule has 1 unspecified atom stereocenters. The lowest BCUT2D eigenvalue weighted by molar-refractivity contribution is -0.120. The Kier molecular flexibility index (Phi) is 6.74. The molecule has 0 aliphatic rings. The number of nitrogens with one attached hydrogen (secondary N) is 2. The summed E-state index contributed by atoms with van der Waals surface area (Å²) in [6.07, 6.45) is 1.63. The van der Waals surface area contributed by atoms with Crippen molar-refractivity contribution in [1.29, 1.82) is 0 Å². The number of aromatic amines is 1. The van der Waals surface area contributed by atoms with Gasteiger partial charge in [-0.3, -0.25) is 9.89 Å². The molecule has 0 saturated heterocycles. The first-order valence-corrected chi connectivity index (χ1v) is 6.90. The molecule has 18 heavy (non-hydrogen) atoms. The average Bonchev–Trinajstić information content (AvgIpc) is 2.82. The van der Waals surface area contributed by atoms with E-state index >= 15 is 0 Å². The Morgan fingerprint density at radius 1 is 1.61 bits per heavy atom. The van der Waals surface area contributed by atoms with Gasteiger partial charge in [-0.15, -0.1) is 5.10 Å². The molecule has 1 rings (SSSR count). The van der Waals surface area contributed by atoms with Crippen LogP contribution in [0, 0.1) is 0 Å². The third-order valence-electron chi connectivity index (χ3n) is 2.32. The van der Waals surface area contributed by atoms with Crippen molar-refractivity contribution < 1.29 is 9.53 Å². The molecule has 0 bridgehead atoms. The number of aromatic nitrogens is 3. The van der Waals surface area contributed by atoms with Gasteiger partial charge in [-0.05, 0) is 13.3 Å². The lowest BCUT2D eigenvalue weighted by Crippen LogP contribution is -2.32. The van der Waals surface area contributed by atoms with Crippen molar-refractivity contribution in [3.05, 3.63) is 5.82 Å². The number of hydrogen-bond donors (Lipinski definition) is 2. The maximum atomic E-state index is 11.7. The summed E-state index contributed by atoms with van der Waals surface area (Å²) in [4.78, 5) is 16.0. The maximum Gasteiger partial charge on any atom is 0.233 e. The highest BCUT2D eigenvalue weighted by atomic mass is 32.2. The summed E-state index contributed by atoms with van der Waals surface area (Å²) >= 11 is 1.35. The first kappa shape index (κ1) is 15.0.